The minimum Gasteiger partial charge on any atom is -0.478 e. The maximum atomic E-state index is 13.2. The van der Waals surface area contributed by atoms with E-state index in [2.05, 4.69) is 0 Å². The summed E-state index contributed by atoms with van der Waals surface area (Å²) in [5, 5.41) is 9.50. The molecule has 0 unspecified atom stereocenters. The number of carbonyl (C=O) groups excluding carboxylic acids is 2. The summed E-state index contributed by atoms with van der Waals surface area (Å²) < 4.78 is 5.11. The van der Waals surface area contributed by atoms with E-state index in [0.717, 1.165) is 6.42 Å². The lowest BCUT2D eigenvalue weighted by molar-refractivity contribution is -0.149. The quantitative estimate of drug-likeness (QED) is 0.802. The van der Waals surface area contributed by atoms with Crippen LogP contribution in [0.2, 0.25) is 0 Å². The van der Waals surface area contributed by atoms with E-state index in [9.17, 15) is 19.5 Å². The highest BCUT2D eigenvalue weighted by molar-refractivity contribution is 6.04. The third kappa shape index (κ3) is 4.06. The minimum atomic E-state index is -1.04. The summed E-state index contributed by atoms with van der Waals surface area (Å²) in [5.41, 5.74) is 1.65. The number of nitrogens with zero attached hydrogens (tertiary/aromatic N) is 1. The normalized spacial score (nSPS) is 16.5. The summed E-state index contributed by atoms with van der Waals surface area (Å²) in [7, 11) is 0. The summed E-state index contributed by atoms with van der Waals surface area (Å²) in [6.07, 6.45) is 1.43. The molecule has 1 atom stereocenters. The van der Waals surface area contributed by atoms with Crippen LogP contribution in [0.15, 0.2) is 48.5 Å². The van der Waals surface area contributed by atoms with Gasteiger partial charge in [-0.3, -0.25) is 9.59 Å². The van der Waals surface area contributed by atoms with E-state index in [1.165, 1.54) is 6.07 Å². The van der Waals surface area contributed by atoms with Crippen molar-refractivity contribution in [3.8, 4) is 11.1 Å². The molecule has 28 heavy (non-hydrogen) atoms. The molecule has 0 aliphatic carbocycles. The van der Waals surface area contributed by atoms with Gasteiger partial charge in [0.25, 0.3) is 5.91 Å². The van der Waals surface area contributed by atoms with E-state index in [0.29, 0.717) is 42.8 Å². The Hall–Kier alpha value is -3.15. The molecular formula is C22H23NO5. The number of benzene rings is 2. The van der Waals surface area contributed by atoms with Crippen molar-refractivity contribution in [2.45, 2.75) is 19.8 Å². The van der Waals surface area contributed by atoms with Gasteiger partial charge >= 0.3 is 11.9 Å². The molecule has 0 radical (unpaired) electrons. The van der Waals surface area contributed by atoms with Crippen LogP contribution in [0, 0.1) is 5.92 Å². The fourth-order valence-electron chi connectivity index (χ4n) is 3.59. The van der Waals surface area contributed by atoms with Crippen LogP contribution in [0.3, 0.4) is 0 Å². The molecular weight excluding hydrogens is 358 g/mol. The van der Waals surface area contributed by atoms with Gasteiger partial charge in [0.1, 0.15) is 0 Å². The Bertz CT molecular complexity index is 892. The van der Waals surface area contributed by atoms with Gasteiger partial charge in [0, 0.05) is 18.7 Å². The van der Waals surface area contributed by atoms with E-state index in [-0.39, 0.29) is 23.4 Å². The van der Waals surface area contributed by atoms with E-state index >= 15 is 0 Å². The van der Waals surface area contributed by atoms with Crippen LogP contribution in [0.4, 0.5) is 0 Å². The van der Waals surface area contributed by atoms with Gasteiger partial charge in [0.2, 0.25) is 0 Å². The number of hydrogen-bond donors (Lipinski definition) is 1. The molecule has 1 N–H and O–H groups in total. The summed E-state index contributed by atoms with van der Waals surface area (Å²) in [6.45, 7) is 2.95. The molecule has 0 aromatic heterocycles. The highest BCUT2D eigenvalue weighted by atomic mass is 16.5. The van der Waals surface area contributed by atoms with Crippen molar-refractivity contribution in [3.05, 3.63) is 59.7 Å². The maximum absolute atomic E-state index is 13.2. The van der Waals surface area contributed by atoms with Crippen molar-refractivity contribution in [2.24, 2.45) is 5.92 Å². The number of likely N-dealkylation sites (tertiary alicyclic amines) is 1. The van der Waals surface area contributed by atoms with E-state index < -0.39 is 5.97 Å². The van der Waals surface area contributed by atoms with Crippen LogP contribution < -0.4 is 0 Å². The number of amides is 1. The maximum Gasteiger partial charge on any atom is 0.336 e. The molecule has 0 spiro atoms. The molecule has 2 aromatic rings. The predicted molar refractivity (Wildman–Crippen MR) is 104 cm³/mol. The Balaban J connectivity index is 1.92. The number of ether oxygens (including phenoxy) is 1. The van der Waals surface area contributed by atoms with Gasteiger partial charge in [-0.2, -0.15) is 0 Å². The SMILES string of the molecule is CCOC(=O)[C@@H]1CCCN(C(=O)c2ccccc2-c2ccccc2C(=O)O)C1. The molecule has 3 rings (SSSR count). The Morgan fingerprint density at radius 3 is 2.29 bits per heavy atom. The van der Waals surface area contributed by atoms with Crippen LogP contribution in [0.1, 0.15) is 40.5 Å². The largest absolute Gasteiger partial charge is 0.478 e. The summed E-state index contributed by atoms with van der Waals surface area (Å²) in [6, 6.07) is 13.6. The monoisotopic (exact) mass is 381 g/mol. The first-order valence-corrected chi connectivity index (χ1v) is 9.40. The average Bonchev–Trinajstić information content (AvgIpc) is 2.73. The zero-order chi connectivity index (χ0) is 20.1. The van der Waals surface area contributed by atoms with Crippen molar-refractivity contribution in [3.63, 3.8) is 0 Å². The van der Waals surface area contributed by atoms with Crippen molar-refractivity contribution < 1.29 is 24.2 Å². The lowest BCUT2D eigenvalue weighted by Crippen LogP contribution is -2.43. The number of carboxylic acid groups (broad SMARTS) is 1. The molecule has 1 aliphatic rings. The average molecular weight is 381 g/mol. The van der Waals surface area contributed by atoms with Crippen molar-refractivity contribution in [1.29, 1.82) is 0 Å². The summed E-state index contributed by atoms with van der Waals surface area (Å²) in [5.74, 6) is -1.84. The number of carboxylic acids is 1. The second kappa shape index (κ2) is 8.69. The van der Waals surface area contributed by atoms with Crippen molar-refractivity contribution in [1.82, 2.24) is 4.90 Å². The van der Waals surface area contributed by atoms with Gasteiger partial charge in [-0.05, 0) is 43.0 Å². The first-order chi connectivity index (χ1) is 13.5. The number of esters is 1. The number of rotatable bonds is 5. The van der Waals surface area contributed by atoms with E-state index in [1.54, 1.807) is 54.3 Å². The zero-order valence-electron chi connectivity index (χ0n) is 15.8. The second-order valence-corrected chi connectivity index (χ2v) is 6.74. The first-order valence-electron chi connectivity index (χ1n) is 9.40. The standard InChI is InChI=1S/C22H23NO5/c1-2-28-22(27)15-8-7-13-23(14-15)20(24)18-11-5-3-9-16(18)17-10-4-6-12-19(17)21(25)26/h3-6,9-12,15H,2,7-8,13-14H2,1H3,(H,25,26)/t15-/m1/s1. The number of aromatic carboxylic acids is 1. The highest BCUT2D eigenvalue weighted by Gasteiger charge is 2.31. The molecule has 6 nitrogen and oxygen atoms in total. The molecule has 6 heteroatoms. The third-order valence-corrected chi connectivity index (χ3v) is 4.93. The molecule has 1 aliphatic heterocycles. The number of carbonyl (C=O) groups is 3. The molecule has 146 valence electrons. The summed E-state index contributed by atoms with van der Waals surface area (Å²) >= 11 is 0. The third-order valence-electron chi connectivity index (χ3n) is 4.93. The van der Waals surface area contributed by atoms with Gasteiger partial charge in [-0.25, -0.2) is 4.79 Å². The highest BCUT2D eigenvalue weighted by Crippen LogP contribution is 2.29. The Morgan fingerprint density at radius 1 is 1.04 bits per heavy atom. The molecule has 1 fully saturated rings. The predicted octanol–water partition coefficient (Wildman–Crippen LogP) is 3.47. The molecule has 2 aromatic carbocycles. The van der Waals surface area contributed by atoms with Crippen LogP contribution in [0.25, 0.3) is 11.1 Å². The Morgan fingerprint density at radius 2 is 1.64 bits per heavy atom. The number of hydrogen-bond acceptors (Lipinski definition) is 4. The van der Waals surface area contributed by atoms with Gasteiger partial charge in [0.05, 0.1) is 18.1 Å². The molecule has 1 heterocycles. The Labute approximate surface area is 163 Å². The Kier molecular flexibility index (Phi) is 6.09. The second-order valence-electron chi connectivity index (χ2n) is 6.74. The van der Waals surface area contributed by atoms with Gasteiger partial charge in [0.15, 0.2) is 0 Å². The van der Waals surface area contributed by atoms with Crippen LogP contribution in [-0.2, 0) is 9.53 Å². The molecule has 0 bridgehead atoms. The van der Waals surface area contributed by atoms with E-state index in [4.69, 9.17) is 4.74 Å². The zero-order valence-corrected chi connectivity index (χ0v) is 15.8. The molecule has 0 saturated carbocycles. The lowest BCUT2D eigenvalue weighted by Gasteiger charge is -2.32. The van der Waals surface area contributed by atoms with Crippen LogP contribution >= 0.6 is 0 Å². The fraction of sp³-hybridized carbons (Fsp3) is 0.318. The van der Waals surface area contributed by atoms with Gasteiger partial charge in [-0.15, -0.1) is 0 Å². The van der Waals surface area contributed by atoms with Crippen molar-refractivity contribution >= 4 is 17.8 Å². The van der Waals surface area contributed by atoms with Crippen LogP contribution in [-0.4, -0.2) is 47.5 Å². The molecule has 1 amide bonds. The first kappa shape index (κ1) is 19.6. The number of piperidine rings is 1. The summed E-state index contributed by atoms with van der Waals surface area (Å²) in [4.78, 5) is 38.6. The molecule has 1 saturated heterocycles. The van der Waals surface area contributed by atoms with Crippen LogP contribution in [0.5, 0.6) is 0 Å². The lowest BCUT2D eigenvalue weighted by atomic mass is 9.93. The van der Waals surface area contributed by atoms with Gasteiger partial charge < -0.3 is 14.7 Å². The smallest absolute Gasteiger partial charge is 0.336 e. The minimum absolute atomic E-state index is 0.144. The van der Waals surface area contributed by atoms with Crippen molar-refractivity contribution in [2.75, 3.05) is 19.7 Å². The topological polar surface area (TPSA) is 83.9 Å². The van der Waals surface area contributed by atoms with E-state index in [1.807, 2.05) is 0 Å². The van der Waals surface area contributed by atoms with Gasteiger partial charge in [-0.1, -0.05) is 36.4 Å². The fourth-order valence-corrected chi connectivity index (χ4v) is 3.59.